The number of ether oxygens (including phenoxy) is 1. The van der Waals surface area contributed by atoms with Crippen molar-refractivity contribution in [2.75, 3.05) is 19.1 Å². The lowest BCUT2D eigenvalue weighted by atomic mass is 10.1. The Kier molecular flexibility index (Phi) is 4.20. The maximum atomic E-state index is 13.9. The van der Waals surface area contributed by atoms with Crippen LogP contribution in [0.5, 0.6) is 5.75 Å². The standard InChI is InChI=1S/C15H15FN2OS/c1-18(11-7-3-4-9-13(11)19-2)12-8-5-6-10(16)14(12)15(17)20/h3-9H,1-2H3,(H2,17,20). The van der Waals surface area contributed by atoms with Crippen LogP contribution in [0.3, 0.4) is 0 Å². The molecule has 0 saturated carbocycles. The maximum Gasteiger partial charge on any atom is 0.142 e. The smallest absolute Gasteiger partial charge is 0.142 e. The Morgan fingerprint density at radius 3 is 2.45 bits per heavy atom. The number of nitrogens with zero attached hydrogens (tertiary/aromatic N) is 1. The van der Waals surface area contributed by atoms with Crippen molar-refractivity contribution in [3.63, 3.8) is 0 Å². The zero-order valence-electron chi connectivity index (χ0n) is 11.3. The van der Waals surface area contributed by atoms with E-state index in [9.17, 15) is 4.39 Å². The van der Waals surface area contributed by atoms with Crippen LogP contribution in [0.2, 0.25) is 0 Å². The highest BCUT2D eigenvalue weighted by Crippen LogP contribution is 2.34. The molecule has 0 spiro atoms. The number of benzene rings is 2. The summed E-state index contributed by atoms with van der Waals surface area (Å²) in [6.45, 7) is 0. The second-order valence-electron chi connectivity index (χ2n) is 4.23. The molecule has 0 bridgehead atoms. The number of anilines is 2. The largest absolute Gasteiger partial charge is 0.495 e. The molecule has 0 radical (unpaired) electrons. The fourth-order valence-corrected chi connectivity index (χ4v) is 2.27. The van der Waals surface area contributed by atoms with E-state index in [1.54, 1.807) is 24.1 Å². The zero-order valence-corrected chi connectivity index (χ0v) is 12.1. The van der Waals surface area contributed by atoms with Gasteiger partial charge in [-0.2, -0.15) is 0 Å². The maximum absolute atomic E-state index is 13.9. The summed E-state index contributed by atoms with van der Waals surface area (Å²) in [6, 6.07) is 12.2. The van der Waals surface area contributed by atoms with Gasteiger partial charge in [0.05, 0.1) is 24.0 Å². The normalized spacial score (nSPS) is 10.2. The summed E-state index contributed by atoms with van der Waals surface area (Å²) >= 11 is 4.95. The summed E-state index contributed by atoms with van der Waals surface area (Å²) in [6.07, 6.45) is 0. The molecule has 104 valence electrons. The van der Waals surface area contributed by atoms with Gasteiger partial charge in [0.25, 0.3) is 0 Å². The Morgan fingerprint density at radius 1 is 1.15 bits per heavy atom. The molecular formula is C15H15FN2OS. The Labute approximate surface area is 122 Å². The number of rotatable bonds is 4. The Hall–Kier alpha value is -2.14. The summed E-state index contributed by atoms with van der Waals surface area (Å²) in [5.41, 5.74) is 7.27. The van der Waals surface area contributed by atoms with Crippen molar-refractivity contribution in [2.45, 2.75) is 0 Å². The number of hydrogen-bond donors (Lipinski definition) is 1. The molecule has 0 aromatic heterocycles. The monoisotopic (exact) mass is 290 g/mol. The summed E-state index contributed by atoms with van der Waals surface area (Å²) in [5, 5.41) is 0. The summed E-state index contributed by atoms with van der Waals surface area (Å²) in [4.78, 5) is 1.83. The molecule has 5 heteroatoms. The lowest BCUT2D eigenvalue weighted by molar-refractivity contribution is 0.415. The number of nitrogens with two attached hydrogens (primary N) is 1. The van der Waals surface area contributed by atoms with E-state index in [1.807, 2.05) is 31.3 Å². The van der Waals surface area contributed by atoms with E-state index in [0.717, 1.165) is 5.69 Å². The number of thiocarbonyl (C=S) groups is 1. The third-order valence-corrected chi connectivity index (χ3v) is 3.25. The van der Waals surface area contributed by atoms with Gasteiger partial charge in [0.15, 0.2) is 0 Å². The molecule has 20 heavy (non-hydrogen) atoms. The zero-order chi connectivity index (χ0) is 14.7. The van der Waals surface area contributed by atoms with Gasteiger partial charge in [-0.1, -0.05) is 30.4 Å². The molecule has 0 amide bonds. The first-order valence-corrected chi connectivity index (χ1v) is 6.42. The molecular weight excluding hydrogens is 275 g/mol. The second kappa shape index (κ2) is 5.88. The molecule has 0 fully saturated rings. The van der Waals surface area contributed by atoms with Crippen molar-refractivity contribution >= 4 is 28.6 Å². The molecule has 0 atom stereocenters. The van der Waals surface area contributed by atoms with Gasteiger partial charge in [0, 0.05) is 7.05 Å². The van der Waals surface area contributed by atoms with Crippen molar-refractivity contribution in [1.29, 1.82) is 0 Å². The average molecular weight is 290 g/mol. The predicted octanol–water partition coefficient (Wildman–Crippen LogP) is 3.24. The molecule has 2 N–H and O–H groups in total. The molecule has 2 rings (SSSR count). The Balaban J connectivity index is 2.57. The molecule has 2 aromatic carbocycles. The SMILES string of the molecule is COc1ccccc1N(C)c1cccc(F)c1C(N)=S. The first-order valence-electron chi connectivity index (χ1n) is 6.01. The van der Waals surface area contributed by atoms with Crippen molar-refractivity contribution < 1.29 is 9.13 Å². The minimum absolute atomic E-state index is 0.0276. The van der Waals surface area contributed by atoms with E-state index < -0.39 is 5.82 Å². The molecule has 2 aromatic rings. The van der Waals surface area contributed by atoms with Gasteiger partial charge in [0.2, 0.25) is 0 Å². The van der Waals surface area contributed by atoms with Gasteiger partial charge >= 0.3 is 0 Å². The molecule has 0 heterocycles. The van der Waals surface area contributed by atoms with Gasteiger partial charge < -0.3 is 15.4 Å². The highest BCUT2D eigenvalue weighted by Gasteiger charge is 2.17. The highest BCUT2D eigenvalue weighted by atomic mass is 32.1. The van der Waals surface area contributed by atoms with Crippen LogP contribution in [0.1, 0.15) is 5.56 Å². The number of halogens is 1. The number of hydrogen-bond acceptors (Lipinski definition) is 3. The first kappa shape index (κ1) is 14.3. The van der Waals surface area contributed by atoms with Crippen LogP contribution >= 0.6 is 12.2 Å². The molecule has 0 aliphatic heterocycles. The van der Waals surface area contributed by atoms with Crippen LogP contribution in [0.4, 0.5) is 15.8 Å². The van der Waals surface area contributed by atoms with Crippen LogP contribution in [-0.4, -0.2) is 19.1 Å². The van der Waals surface area contributed by atoms with Gasteiger partial charge in [-0.15, -0.1) is 0 Å². The Bertz CT molecular complexity index is 646. The fourth-order valence-electron chi connectivity index (χ4n) is 2.07. The summed E-state index contributed by atoms with van der Waals surface area (Å²) < 4.78 is 19.3. The average Bonchev–Trinajstić information content (AvgIpc) is 2.45. The van der Waals surface area contributed by atoms with Crippen molar-refractivity contribution in [3.8, 4) is 5.75 Å². The molecule has 0 unspecified atom stereocenters. The van der Waals surface area contributed by atoms with Crippen molar-refractivity contribution in [3.05, 3.63) is 53.8 Å². The van der Waals surface area contributed by atoms with E-state index in [0.29, 0.717) is 11.4 Å². The third kappa shape index (κ3) is 2.58. The van der Waals surface area contributed by atoms with Crippen LogP contribution in [-0.2, 0) is 0 Å². The minimum Gasteiger partial charge on any atom is -0.495 e. The summed E-state index contributed by atoms with van der Waals surface area (Å²) in [7, 11) is 3.40. The molecule has 0 saturated heterocycles. The first-order chi connectivity index (χ1) is 9.56. The van der Waals surface area contributed by atoms with Gasteiger partial charge in [-0.25, -0.2) is 4.39 Å². The van der Waals surface area contributed by atoms with E-state index in [1.165, 1.54) is 6.07 Å². The third-order valence-electron chi connectivity index (χ3n) is 3.05. The quantitative estimate of drug-likeness (QED) is 0.877. The van der Waals surface area contributed by atoms with Crippen molar-refractivity contribution in [1.82, 2.24) is 0 Å². The second-order valence-corrected chi connectivity index (χ2v) is 4.67. The van der Waals surface area contributed by atoms with Gasteiger partial charge in [0.1, 0.15) is 16.6 Å². The fraction of sp³-hybridized carbons (Fsp3) is 0.133. The lowest BCUT2D eigenvalue weighted by Crippen LogP contribution is -2.19. The van der Waals surface area contributed by atoms with E-state index in [4.69, 9.17) is 22.7 Å². The highest BCUT2D eigenvalue weighted by molar-refractivity contribution is 7.80. The van der Waals surface area contributed by atoms with Crippen LogP contribution in [0, 0.1) is 5.82 Å². The minimum atomic E-state index is -0.434. The number of para-hydroxylation sites is 2. The van der Waals surface area contributed by atoms with Crippen LogP contribution in [0.25, 0.3) is 0 Å². The molecule has 0 aliphatic rings. The van der Waals surface area contributed by atoms with E-state index in [2.05, 4.69) is 0 Å². The number of methoxy groups -OCH3 is 1. The lowest BCUT2D eigenvalue weighted by Gasteiger charge is -2.24. The Morgan fingerprint density at radius 2 is 1.80 bits per heavy atom. The van der Waals surface area contributed by atoms with E-state index >= 15 is 0 Å². The van der Waals surface area contributed by atoms with Gasteiger partial charge in [-0.05, 0) is 24.3 Å². The molecule has 3 nitrogen and oxygen atoms in total. The van der Waals surface area contributed by atoms with Crippen molar-refractivity contribution in [2.24, 2.45) is 5.73 Å². The summed E-state index contributed by atoms with van der Waals surface area (Å²) in [5.74, 6) is 0.255. The molecule has 0 aliphatic carbocycles. The van der Waals surface area contributed by atoms with Gasteiger partial charge in [-0.3, -0.25) is 0 Å². The van der Waals surface area contributed by atoms with Crippen LogP contribution in [0.15, 0.2) is 42.5 Å². The van der Waals surface area contributed by atoms with E-state index in [-0.39, 0.29) is 10.6 Å². The predicted molar refractivity (Wildman–Crippen MR) is 83.3 cm³/mol. The topological polar surface area (TPSA) is 38.5 Å². The van der Waals surface area contributed by atoms with Crippen LogP contribution < -0.4 is 15.4 Å².